The molecule has 0 spiro atoms. The Balaban J connectivity index is 1.71. The fourth-order valence-corrected chi connectivity index (χ4v) is 4.36. The van der Waals surface area contributed by atoms with E-state index in [-0.39, 0.29) is 11.7 Å². The predicted molar refractivity (Wildman–Crippen MR) is 112 cm³/mol. The minimum Gasteiger partial charge on any atom is -0.497 e. The molecule has 1 aliphatic rings. The molecule has 0 aliphatic carbocycles. The molecule has 0 saturated carbocycles. The smallest absolute Gasteiger partial charge is 0.336 e. The van der Waals surface area contributed by atoms with E-state index in [1.807, 2.05) is 30.3 Å². The molecule has 2 aromatic carbocycles. The number of benzene rings is 2. The van der Waals surface area contributed by atoms with Gasteiger partial charge >= 0.3 is 5.63 Å². The van der Waals surface area contributed by atoms with E-state index in [0.29, 0.717) is 12.1 Å². The molecule has 0 N–H and O–H groups in total. The van der Waals surface area contributed by atoms with Crippen LogP contribution in [0.2, 0.25) is 0 Å². The summed E-state index contributed by atoms with van der Waals surface area (Å²) in [7, 11) is 3.36. The molecular formula is C22H22BrNO4. The maximum absolute atomic E-state index is 12.1. The van der Waals surface area contributed by atoms with Crippen LogP contribution < -0.4 is 15.1 Å². The van der Waals surface area contributed by atoms with Gasteiger partial charge < -0.3 is 13.9 Å². The van der Waals surface area contributed by atoms with Crippen LogP contribution in [0.5, 0.6) is 11.5 Å². The van der Waals surface area contributed by atoms with Gasteiger partial charge in [-0.05, 0) is 61.3 Å². The molecule has 0 radical (unpaired) electrons. The summed E-state index contributed by atoms with van der Waals surface area (Å²) in [6, 6.07) is 13.5. The first-order valence-corrected chi connectivity index (χ1v) is 10.1. The van der Waals surface area contributed by atoms with Gasteiger partial charge in [-0.3, -0.25) is 4.90 Å². The summed E-state index contributed by atoms with van der Waals surface area (Å²) in [6.45, 7) is 1.64. The van der Waals surface area contributed by atoms with Gasteiger partial charge in [0.2, 0.25) is 0 Å². The maximum Gasteiger partial charge on any atom is 0.336 e. The van der Waals surface area contributed by atoms with Crippen molar-refractivity contribution in [3.05, 3.63) is 68.5 Å². The minimum atomic E-state index is -0.324. The zero-order valence-corrected chi connectivity index (χ0v) is 17.5. The Morgan fingerprint density at radius 1 is 1.14 bits per heavy atom. The first-order chi connectivity index (χ1) is 13.6. The summed E-state index contributed by atoms with van der Waals surface area (Å²) in [5, 5.41) is 0.964. The van der Waals surface area contributed by atoms with Crippen LogP contribution in [0.3, 0.4) is 0 Å². The summed E-state index contributed by atoms with van der Waals surface area (Å²) in [6.07, 6.45) is 2.13. The van der Waals surface area contributed by atoms with Crippen LogP contribution in [0, 0.1) is 0 Å². The van der Waals surface area contributed by atoms with Gasteiger partial charge in [-0.1, -0.05) is 15.9 Å². The van der Waals surface area contributed by atoms with E-state index < -0.39 is 0 Å². The van der Waals surface area contributed by atoms with Crippen LogP contribution >= 0.6 is 15.9 Å². The Bertz CT molecular complexity index is 1060. The van der Waals surface area contributed by atoms with Gasteiger partial charge in [0.15, 0.2) is 0 Å². The molecule has 1 aliphatic heterocycles. The number of hydrogen-bond donors (Lipinski definition) is 0. The van der Waals surface area contributed by atoms with Crippen LogP contribution in [-0.2, 0) is 6.54 Å². The van der Waals surface area contributed by atoms with Crippen LogP contribution in [0.15, 0.2) is 56.1 Å². The largest absolute Gasteiger partial charge is 0.497 e. The molecule has 1 saturated heterocycles. The summed E-state index contributed by atoms with van der Waals surface area (Å²) < 4.78 is 17.3. The van der Waals surface area contributed by atoms with Gasteiger partial charge in [0.25, 0.3) is 0 Å². The van der Waals surface area contributed by atoms with Gasteiger partial charge in [-0.2, -0.15) is 0 Å². The summed E-state index contributed by atoms with van der Waals surface area (Å²) in [4.78, 5) is 14.5. The first kappa shape index (κ1) is 19.0. The number of ether oxygens (including phenoxy) is 2. The number of nitrogens with zero attached hydrogens (tertiary/aromatic N) is 1. The van der Waals surface area contributed by atoms with Crippen molar-refractivity contribution in [3.63, 3.8) is 0 Å². The second-order valence-corrected chi connectivity index (χ2v) is 7.88. The van der Waals surface area contributed by atoms with Crippen LogP contribution in [0.4, 0.5) is 0 Å². The van der Waals surface area contributed by atoms with Crippen molar-refractivity contribution in [3.8, 4) is 11.5 Å². The second-order valence-electron chi connectivity index (χ2n) is 6.97. The van der Waals surface area contributed by atoms with Crippen molar-refractivity contribution in [2.75, 3.05) is 20.8 Å². The monoisotopic (exact) mass is 443 g/mol. The predicted octanol–water partition coefficient (Wildman–Crippen LogP) is 4.91. The fourth-order valence-electron chi connectivity index (χ4n) is 4.02. The Labute approximate surface area is 172 Å². The van der Waals surface area contributed by atoms with Gasteiger partial charge in [-0.15, -0.1) is 0 Å². The Kier molecular flexibility index (Phi) is 5.42. The van der Waals surface area contributed by atoms with Gasteiger partial charge in [0, 0.05) is 34.1 Å². The average molecular weight is 444 g/mol. The highest BCUT2D eigenvalue weighted by Gasteiger charge is 2.29. The normalized spacial score (nSPS) is 17.2. The highest BCUT2D eigenvalue weighted by Crippen LogP contribution is 2.40. The quantitative estimate of drug-likeness (QED) is 0.524. The molecule has 5 nitrogen and oxygen atoms in total. The third-order valence-electron chi connectivity index (χ3n) is 5.33. The van der Waals surface area contributed by atoms with E-state index in [2.05, 4.69) is 26.9 Å². The van der Waals surface area contributed by atoms with E-state index >= 15 is 0 Å². The summed E-state index contributed by atoms with van der Waals surface area (Å²) >= 11 is 3.44. The molecule has 1 atom stereocenters. The van der Waals surface area contributed by atoms with Gasteiger partial charge in [-0.25, -0.2) is 4.79 Å². The summed E-state index contributed by atoms with van der Waals surface area (Å²) in [5.41, 5.74) is 2.38. The highest BCUT2D eigenvalue weighted by molar-refractivity contribution is 9.10. The molecular weight excluding hydrogens is 422 g/mol. The zero-order valence-electron chi connectivity index (χ0n) is 15.9. The number of likely N-dealkylation sites (tertiary alicyclic amines) is 1. The first-order valence-electron chi connectivity index (χ1n) is 9.27. The Morgan fingerprint density at radius 2 is 2.00 bits per heavy atom. The molecule has 6 heteroatoms. The van der Waals surface area contributed by atoms with Crippen molar-refractivity contribution < 1.29 is 13.9 Å². The standard InChI is InChI=1S/C22H22BrNO4/c1-26-16-6-8-20(27-2)18(12-16)19-4-3-9-24(19)13-14-10-22(25)28-21-11-15(23)5-7-17(14)21/h5-8,10-12,19H,3-4,9,13H2,1-2H3. The number of hydrogen-bond acceptors (Lipinski definition) is 5. The highest BCUT2D eigenvalue weighted by atomic mass is 79.9. The van der Waals surface area contributed by atoms with Crippen LogP contribution in [-0.4, -0.2) is 25.7 Å². The third kappa shape index (κ3) is 3.66. The van der Waals surface area contributed by atoms with Crippen LogP contribution in [0.25, 0.3) is 11.0 Å². The van der Waals surface area contributed by atoms with Crippen molar-refractivity contribution in [1.82, 2.24) is 4.90 Å². The number of methoxy groups -OCH3 is 2. The summed E-state index contributed by atoms with van der Waals surface area (Å²) in [5.74, 6) is 1.68. The van der Waals surface area contributed by atoms with Crippen molar-refractivity contribution >= 4 is 26.9 Å². The topological polar surface area (TPSA) is 51.9 Å². The average Bonchev–Trinajstić information content (AvgIpc) is 3.14. The lowest BCUT2D eigenvalue weighted by Gasteiger charge is -2.27. The van der Waals surface area contributed by atoms with Gasteiger partial charge in [0.1, 0.15) is 17.1 Å². The molecule has 1 unspecified atom stereocenters. The van der Waals surface area contributed by atoms with E-state index in [4.69, 9.17) is 13.9 Å². The lowest BCUT2D eigenvalue weighted by molar-refractivity contribution is 0.243. The van der Waals surface area contributed by atoms with Crippen molar-refractivity contribution in [2.45, 2.75) is 25.4 Å². The molecule has 1 aromatic heterocycles. The number of rotatable bonds is 5. The molecule has 146 valence electrons. The maximum atomic E-state index is 12.1. The molecule has 2 heterocycles. The minimum absolute atomic E-state index is 0.211. The molecule has 0 bridgehead atoms. The molecule has 1 fully saturated rings. The molecule has 28 heavy (non-hydrogen) atoms. The number of halogens is 1. The molecule has 4 rings (SSSR count). The zero-order chi connectivity index (χ0) is 19.7. The van der Waals surface area contributed by atoms with E-state index in [0.717, 1.165) is 51.9 Å². The van der Waals surface area contributed by atoms with E-state index in [1.54, 1.807) is 20.3 Å². The van der Waals surface area contributed by atoms with E-state index in [9.17, 15) is 4.79 Å². The van der Waals surface area contributed by atoms with Gasteiger partial charge in [0.05, 0.1) is 14.2 Å². The van der Waals surface area contributed by atoms with Crippen molar-refractivity contribution in [2.24, 2.45) is 0 Å². The molecule has 3 aromatic rings. The van der Waals surface area contributed by atoms with Crippen molar-refractivity contribution in [1.29, 1.82) is 0 Å². The lowest BCUT2D eigenvalue weighted by atomic mass is 10.0. The second kappa shape index (κ2) is 7.97. The number of fused-ring (bicyclic) bond motifs is 1. The van der Waals surface area contributed by atoms with E-state index in [1.165, 1.54) is 0 Å². The SMILES string of the molecule is COc1ccc(OC)c(C2CCCN2Cc2cc(=O)oc3cc(Br)ccc23)c1. The Hall–Kier alpha value is -2.31. The third-order valence-corrected chi connectivity index (χ3v) is 5.82. The molecule has 0 amide bonds. The fraction of sp³-hybridized carbons (Fsp3) is 0.318. The lowest BCUT2D eigenvalue weighted by Crippen LogP contribution is -2.24. The Morgan fingerprint density at radius 3 is 2.79 bits per heavy atom. The van der Waals surface area contributed by atoms with Crippen LogP contribution in [0.1, 0.15) is 30.0 Å².